The number of esters is 1. The van der Waals surface area contributed by atoms with Gasteiger partial charge in [0.05, 0.1) is 6.61 Å². The fourth-order valence-electron chi connectivity index (χ4n) is 1.66. The number of carbonyl (C=O) groups excluding carboxylic acids is 1. The summed E-state index contributed by atoms with van der Waals surface area (Å²) in [5.41, 5.74) is 1.39. The van der Waals surface area contributed by atoms with Crippen LogP contribution in [0.15, 0.2) is 29.0 Å². The molecule has 94 valence electrons. The third-order valence-electron chi connectivity index (χ3n) is 2.47. The van der Waals surface area contributed by atoms with Crippen LogP contribution < -0.4 is 0 Å². The fraction of sp³-hybridized carbons (Fsp3) is 0.231. The number of nitrogens with zero attached hydrogens (tertiary/aromatic N) is 1. The van der Waals surface area contributed by atoms with Gasteiger partial charge in [0.1, 0.15) is 5.82 Å². The second-order valence-electron chi connectivity index (χ2n) is 3.71. The summed E-state index contributed by atoms with van der Waals surface area (Å²) in [6.07, 6.45) is 1.17. The molecule has 1 aromatic carbocycles. The lowest BCUT2D eigenvalue weighted by atomic mass is 10.1. The van der Waals surface area contributed by atoms with Crippen LogP contribution in [0.3, 0.4) is 0 Å². The zero-order chi connectivity index (χ0) is 13.1. The number of carbonyl (C=O) groups is 1. The Morgan fingerprint density at radius 2 is 2.28 bits per heavy atom. The van der Waals surface area contributed by atoms with Crippen LogP contribution in [-0.2, 0) is 4.74 Å². The molecule has 2 rings (SSSR count). The van der Waals surface area contributed by atoms with Crippen LogP contribution in [-0.4, -0.2) is 17.6 Å². The molecule has 18 heavy (non-hydrogen) atoms. The summed E-state index contributed by atoms with van der Waals surface area (Å²) in [5, 5.41) is 0. The van der Waals surface area contributed by atoms with Crippen molar-refractivity contribution in [1.82, 2.24) is 4.98 Å². The van der Waals surface area contributed by atoms with Crippen molar-refractivity contribution in [1.29, 1.82) is 0 Å². The number of ether oxygens (including phenoxy) is 1. The quantitative estimate of drug-likeness (QED) is 0.785. The van der Waals surface area contributed by atoms with E-state index in [0.717, 1.165) is 0 Å². The maximum Gasteiger partial charge on any atom is 0.360 e. The molecule has 0 fully saturated rings. The van der Waals surface area contributed by atoms with Gasteiger partial charge in [-0.3, -0.25) is 0 Å². The number of aromatic nitrogens is 1. The predicted octanol–water partition coefficient (Wildman–Crippen LogP) is 2.97. The highest BCUT2D eigenvalue weighted by molar-refractivity contribution is 5.93. The number of hydrogen-bond acceptors (Lipinski definition) is 4. The van der Waals surface area contributed by atoms with Gasteiger partial charge < -0.3 is 9.15 Å². The second-order valence-corrected chi connectivity index (χ2v) is 3.71. The smallest absolute Gasteiger partial charge is 0.360 e. The van der Waals surface area contributed by atoms with E-state index in [9.17, 15) is 9.18 Å². The van der Waals surface area contributed by atoms with Gasteiger partial charge in [-0.1, -0.05) is 0 Å². The summed E-state index contributed by atoms with van der Waals surface area (Å²) in [4.78, 5) is 15.5. The van der Waals surface area contributed by atoms with Crippen LogP contribution >= 0.6 is 0 Å². The molecule has 0 N–H and O–H groups in total. The highest BCUT2D eigenvalue weighted by Crippen LogP contribution is 2.27. The maximum absolute atomic E-state index is 13.0. The van der Waals surface area contributed by atoms with E-state index in [-0.39, 0.29) is 18.1 Å². The van der Waals surface area contributed by atoms with Crippen molar-refractivity contribution >= 4 is 5.97 Å². The molecule has 0 aliphatic heterocycles. The topological polar surface area (TPSA) is 52.3 Å². The van der Waals surface area contributed by atoms with Gasteiger partial charge in [-0.2, -0.15) is 0 Å². The third-order valence-corrected chi connectivity index (χ3v) is 2.47. The molecular weight excluding hydrogens is 237 g/mol. The van der Waals surface area contributed by atoms with Crippen molar-refractivity contribution in [3.63, 3.8) is 0 Å². The van der Waals surface area contributed by atoms with Gasteiger partial charge in [0.2, 0.25) is 0 Å². The molecule has 0 saturated carbocycles. The van der Waals surface area contributed by atoms with Gasteiger partial charge in [0.15, 0.2) is 17.8 Å². The number of rotatable bonds is 3. The van der Waals surface area contributed by atoms with Crippen molar-refractivity contribution in [3.05, 3.63) is 41.7 Å². The normalized spacial score (nSPS) is 10.4. The average molecular weight is 249 g/mol. The fourth-order valence-corrected chi connectivity index (χ4v) is 1.66. The first-order chi connectivity index (χ1) is 8.63. The van der Waals surface area contributed by atoms with Gasteiger partial charge in [-0.15, -0.1) is 0 Å². The molecule has 4 nitrogen and oxygen atoms in total. The van der Waals surface area contributed by atoms with Crippen LogP contribution in [0.25, 0.3) is 11.3 Å². The number of benzene rings is 1. The van der Waals surface area contributed by atoms with Gasteiger partial charge >= 0.3 is 5.97 Å². The minimum atomic E-state index is -0.551. The highest BCUT2D eigenvalue weighted by Gasteiger charge is 2.20. The minimum absolute atomic E-state index is 0.103. The molecular formula is C13H12FNO3. The van der Waals surface area contributed by atoms with E-state index in [1.165, 1.54) is 18.5 Å². The van der Waals surface area contributed by atoms with Crippen LogP contribution in [0.5, 0.6) is 0 Å². The Hall–Kier alpha value is -2.17. The molecule has 0 atom stereocenters. The summed E-state index contributed by atoms with van der Waals surface area (Å²) in [6.45, 7) is 3.70. The molecule has 0 amide bonds. The lowest BCUT2D eigenvalue weighted by Gasteiger charge is -2.04. The number of aryl methyl sites for hydroxylation is 1. The van der Waals surface area contributed by atoms with E-state index in [1.54, 1.807) is 19.9 Å². The van der Waals surface area contributed by atoms with Gasteiger partial charge in [-0.05, 0) is 37.6 Å². The lowest BCUT2D eigenvalue weighted by molar-refractivity contribution is 0.0520. The standard InChI is InChI=1S/C13H12FNO3/c1-3-17-13(16)11-12(18-7-15-11)10-5-4-9(14)6-8(10)2/h4-7H,3H2,1-2H3. The summed E-state index contributed by atoms with van der Waals surface area (Å²) >= 11 is 0. The molecule has 1 aromatic heterocycles. The van der Waals surface area contributed by atoms with Crippen molar-refractivity contribution in [2.75, 3.05) is 6.61 Å². The van der Waals surface area contributed by atoms with Crippen LogP contribution in [0, 0.1) is 12.7 Å². The molecule has 0 aliphatic rings. The first-order valence-electron chi connectivity index (χ1n) is 5.50. The minimum Gasteiger partial charge on any atom is -0.461 e. The highest BCUT2D eigenvalue weighted by atomic mass is 19.1. The summed E-state index contributed by atoms with van der Waals surface area (Å²) in [5.74, 6) is -0.593. The van der Waals surface area contributed by atoms with Crippen LogP contribution in [0.2, 0.25) is 0 Å². The molecule has 1 heterocycles. The summed E-state index contributed by atoms with van der Waals surface area (Å²) in [6, 6.07) is 4.22. The molecule has 0 spiro atoms. The first-order valence-corrected chi connectivity index (χ1v) is 5.50. The van der Waals surface area contributed by atoms with E-state index in [0.29, 0.717) is 16.9 Å². The zero-order valence-electron chi connectivity index (χ0n) is 10.1. The summed E-state index contributed by atoms with van der Waals surface area (Å²) < 4.78 is 23.1. The number of oxazole rings is 1. The van der Waals surface area contributed by atoms with E-state index in [1.807, 2.05) is 0 Å². The van der Waals surface area contributed by atoms with Gasteiger partial charge in [-0.25, -0.2) is 14.2 Å². The molecule has 0 radical (unpaired) electrons. The average Bonchev–Trinajstić information content (AvgIpc) is 2.78. The Bertz CT molecular complexity index is 577. The van der Waals surface area contributed by atoms with E-state index >= 15 is 0 Å². The monoisotopic (exact) mass is 249 g/mol. The maximum atomic E-state index is 13.0. The largest absolute Gasteiger partial charge is 0.461 e. The molecule has 0 unspecified atom stereocenters. The lowest BCUT2D eigenvalue weighted by Crippen LogP contribution is -2.06. The number of hydrogen-bond donors (Lipinski definition) is 0. The van der Waals surface area contributed by atoms with Crippen molar-refractivity contribution in [3.8, 4) is 11.3 Å². The third kappa shape index (κ3) is 2.25. The first kappa shape index (κ1) is 12.3. The SMILES string of the molecule is CCOC(=O)c1ncoc1-c1ccc(F)cc1C. The van der Waals surface area contributed by atoms with Crippen LogP contribution in [0.1, 0.15) is 23.0 Å². The Morgan fingerprint density at radius 1 is 1.50 bits per heavy atom. The Morgan fingerprint density at radius 3 is 2.94 bits per heavy atom. The number of halogens is 1. The van der Waals surface area contributed by atoms with Gasteiger partial charge in [0, 0.05) is 5.56 Å². The van der Waals surface area contributed by atoms with Gasteiger partial charge in [0.25, 0.3) is 0 Å². The predicted molar refractivity (Wildman–Crippen MR) is 62.6 cm³/mol. The molecule has 0 aliphatic carbocycles. The van der Waals surface area contributed by atoms with Crippen molar-refractivity contribution in [2.24, 2.45) is 0 Å². The Kier molecular flexibility index (Phi) is 3.41. The van der Waals surface area contributed by atoms with E-state index < -0.39 is 5.97 Å². The Balaban J connectivity index is 2.45. The molecule has 5 heteroatoms. The van der Waals surface area contributed by atoms with E-state index in [2.05, 4.69) is 4.98 Å². The molecule has 2 aromatic rings. The zero-order valence-corrected chi connectivity index (χ0v) is 10.1. The van der Waals surface area contributed by atoms with Crippen molar-refractivity contribution < 1.29 is 18.3 Å². The van der Waals surface area contributed by atoms with E-state index in [4.69, 9.17) is 9.15 Å². The van der Waals surface area contributed by atoms with Crippen molar-refractivity contribution in [2.45, 2.75) is 13.8 Å². The van der Waals surface area contributed by atoms with Crippen LogP contribution in [0.4, 0.5) is 4.39 Å². The Labute approximate surface area is 103 Å². The molecule has 0 saturated heterocycles. The molecule has 0 bridgehead atoms. The summed E-state index contributed by atoms with van der Waals surface area (Å²) in [7, 11) is 0. The second kappa shape index (κ2) is 5.00.